The highest BCUT2D eigenvalue weighted by Crippen LogP contribution is 2.33. The molecule has 10 heteroatoms. The molecule has 0 unspecified atom stereocenters. The molecule has 3 aromatic heterocycles. The van der Waals surface area contributed by atoms with Crippen molar-refractivity contribution in [3.8, 4) is 17.4 Å². The molecule has 0 radical (unpaired) electrons. The molecule has 0 fully saturated rings. The van der Waals surface area contributed by atoms with Gasteiger partial charge in [0.2, 0.25) is 5.88 Å². The van der Waals surface area contributed by atoms with Crippen LogP contribution in [0.2, 0.25) is 35.7 Å². The number of benzene rings is 1. The summed E-state index contributed by atoms with van der Waals surface area (Å²) in [6.45, 7) is 7.82. The van der Waals surface area contributed by atoms with E-state index >= 15 is 0 Å². The number of halogens is 2. The van der Waals surface area contributed by atoms with E-state index in [4.69, 9.17) is 37.4 Å². The number of fused-ring (bicyclic) bond motifs is 1. The van der Waals surface area contributed by atoms with Crippen LogP contribution in [0.3, 0.4) is 0 Å². The van der Waals surface area contributed by atoms with Gasteiger partial charge in [-0.2, -0.15) is 0 Å². The number of methoxy groups -OCH3 is 1. The van der Waals surface area contributed by atoms with Crippen LogP contribution in [0.5, 0.6) is 17.4 Å². The zero-order chi connectivity index (χ0) is 25.9. The topological polar surface area (TPSA) is 75.5 Å². The number of pyridine rings is 2. The fourth-order valence-corrected chi connectivity index (χ4v) is 4.83. The lowest BCUT2D eigenvalue weighted by molar-refractivity contribution is 0.0896. The van der Waals surface area contributed by atoms with Crippen LogP contribution in [-0.2, 0) is 11.5 Å². The molecule has 0 aliphatic heterocycles. The Labute approximate surface area is 220 Å². The summed E-state index contributed by atoms with van der Waals surface area (Å²) >= 11 is 13.0. The molecule has 0 aliphatic rings. The second-order valence-corrected chi connectivity index (χ2v) is 15.9. The van der Waals surface area contributed by atoms with E-state index in [0.717, 1.165) is 6.04 Å². The quantitative estimate of drug-likeness (QED) is 0.121. The summed E-state index contributed by atoms with van der Waals surface area (Å²) in [5, 5.41) is 1.26. The van der Waals surface area contributed by atoms with E-state index in [-0.39, 0.29) is 17.5 Å². The highest BCUT2D eigenvalue weighted by atomic mass is 35.5. The van der Waals surface area contributed by atoms with Crippen molar-refractivity contribution < 1.29 is 19.0 Å². The van der Waals surface area contributed by atoms with Gasteiger partial charge in [0.05, 0.1) is 22.7 Å². The van der Waals surface area contributed by atoms with Gasteiger partial charge in [-0.1, -0.05) is 42.8 Å². The SMILES string of the molecule is COc1cc(Oc2ccc(C(=O)c3cn(COCC[Si](C)(C)C)c4nccc(Cl)c34)c(Cl)c2)ccn1. The first-order valence-electron chi connectivity index (χ1n) is 11.4. The van der Waals surface area contributed by atoms with Crippen molar-refractivity contribution in [3.05, 3.63) is 76.2 Å². The van der Waals surface area contributed by atoms with Crippen LogP contribution in [0.4, 0.5) is 0 Å². The number of aromatic nitrogens is 3. The van der Waals surface area contributed by atoms with E-state index < -0.39 is 8.07 Å². The van der Waals surface area contributed by atoms with E-state index in [2.05, 4.69) is 29.6 Å². The number of ketones is 1. The van der Waals surface area contributed by atoms with Gasteiger partial charge < -0.3 is 18.8 Å². The van der Waals surface area contributed by atoms with Crippen molar-refractivity contribution in [3.63, 3.8) is 0 Å². The van der Waals surface area contributed by atoms with Crippen LogP contribution in [0.1, 0.15) is 15.9 Å². The molecule has 4 aromatic rings. The Morgan fingerprint density at radius 2 is 1.72 bits per heavy atom. The predicted octanol–water partition coefficient (Wildman–Crippen LogP) is 7.08. The van der Waals surface area contributed by atoms with Gasteiger partial charge in [0.1, 0.15) is 23.9 Å². The molecule has 188 valence electrons. The fourth-order valence-electron chi connectivity index (χ4n) is 3.58. The first-order valence-corrected chi connectivity index (χ1v) is 15.9. The summed E-state index contributed by atoms with van der Waals surface area (Å²) in [5.41, 5.74) is 1.32. The highest BCUT2D eigenvalue weighted by Gasteiger charge is 2.22. The van der Waals surface area contributed by atoms with Crippen LogP contribution < -0.4 is 9.47 Å². The summed E-state index contributed by atoms with van der Waals surface area (Å²) in [7, 11) is 0.314. The number of ether oxygens (including phenoxy) is 3. The minimum atomic E-state index is -1.22. The fraction of sp³-hybridized carbons (Fsp3) is 0.269. The maximum atomic E-state index is 13.6. The first kappa shape index (κ1) is 26.2. The van der Waals surface area contributed by atoms with E-state index in [9.17, 15) is 4.79 Å². The van der Waals surface area contributed by atoms with Crippen molar-refractivity contribution in [1.82, 2.24) is 14.5 Å². The molecule has 0 bridgehead atoms. The molecular weight excluding hydrogens is 517 g/mol. The van der Waals surface area contributed by atoms with Gasteiger partial charge in [-0.3, -0.25) is 4.79 Å². The van der Waals surface area contributed by atoms with Gasteiger partial charge in [-0.15, -0.1) is 0 Å². The Bertz CT molecular complexity index is 1400. The van der Waals surface area contributed by atoms with E-state index in [1.807, 2.05) is 0 Å². The number of rotatable bonds is 10. The van der Waals surface area contributed by atoms with Crippen LogP contribution in [0.25, 0.3) is 11.0 Å². The molecule has 0 saturated carbocycles. The molecule has 0 N–H and O–H groups in total. The van der Waals surface area contributed by atoms with Crippen molar-refractivity contribution in [1.29, 1.82) is 0 Å². The molecule has 0 spiro atoms. The average molecular weight is 545 g/mol. The number of hydrogen-bond donors (Lipinski definition) is 0. The van der Waals surface area contributed by atoms with E-state index in [1.165, 1.54) is 7.11 Å². The molecule has 3 heterocycles. The van der Waals surface area contributed by atoms with E-state index in [0.29, 0.717) is 51.2 Å². The molecule has 7 nitrogen and oxygen atoms in total. The molecule has 4 rings (SSSR count). The van der Waals surface area contributed by atoms with Crippen molar-refractivity contribution in [2.45, 2.75) is 32.4 Å². The van der Waals surface area contributed by atoms with Crippen molar-refractivity contribution in [2.24, 2.45) is 0 Å². The lowest BCUT2D eigenvalue weighted by Gasteiger charge is -2.15. The number of carbonyl (C=O) groups is 1. The van der Waals surface area contributed by atoms with Gasteiger partial charge in [-0.25, -0.2) is 9.97 Å². The summed E-state index contributed by atoms with van der Waals surface area (Å²) in [5.74, 6) is 1.17. The molecule has 0 saturated heterocycles. The Balaban J connectivity index is 1.59. The number of carbonyl (C=O) groups excluding carboxylic acids is 1. The molecule has 0 aliphatic carbocycles. The smallest absolute Gasteiger partial charge is 0.216 e. The van der Waals surface area contributed by atoms with Crippen LogP contribution in [0, 0.1) is 0 Å². The lowest BCUT2D eigenvalue weighted by Crippen LogP contribution is -2.22. The van der Waals surface area contributed by atoms with Gasteiger partial charge >= 0.3 is 0 Å². The number of hydrogen-bond acceptors (Lipinski definition) is 6. The maximum Gasteiger partial charge on any atom is 0.216 e. The molecular formula is C26H27Cl2N3O4Si. The Morgan fingerprint density at radius 3 is 2.44 bits per heavy atom. The monoisotopic (exact) mass is 543 g/mol. The number of nitrogens with zero attached hydrogens (tertiary/aromatic N) is 3. The van der Waals surface area contributed by atoms with Crippen LogP contribution >= 0.6 is 23.2 Å². The summed E-state index contributed by atoms with van der Waals surface area (Å²) in [4.78, 5) is 22.1. The Kier molecular flexibility index (Phi) is 7.99. The minimum Gasteiger partial charge on any atom is -0.481 e. The second-order valence-electron chi connectivity index (χ2n) is 9.46. The zero-order valence-corrected chi connectivity index (χ0v) is 23.1. The normalized spacial score (nSPS) is 11.6. The largest absolute Gasteiger partial charge is 0.481 e. The highest BCUT2D eigenvalue weighted by molar-refractivity contribution is 6.76. The molecule has 0 amide bonds. The molecule has 1 aromatic carbocycles. The third-order valence-electron chi connectivity index (χ3n) is 5.51. The average Bonchev–Trinajstić information content (AvgIpc) is 3.21. The van der Waals surface area contributed by atoms with Crippen molar-refractivity contribution in [2.75, 3.05) is 13.7 Å². The minimum absolute atomic E-state index is 0.255. The summed E-state index contributed by atoms with van der Waals surface area (Å²) in [6, 6.07) is 11.0. The summed E-state index contributed by atoms with van der Waals surface area (Å²) in [6.07, 6.45) is 4.92. The maximum absolute atomic E-state index is 13.6. The van der Waals surface area contributed by atoms with Gasteiger partial charge in [-0.05, 0) is 30.3 Å². The molecule has 0 atom stereocenters. The third kappa shape index (κ3) is 6.07. The van der Waals surface area contributed by atoms with Crippen molar-refractivity contribution >= 4 is 48.1 Å². The van der Waals surface area contributed by atoms with Gasteiger partial charge in [0.15, 0.2) is 5.78 Å². The van der Waals surface area contributed by atoms with E-state index in [1.54, 1.807) is 59.6 Å². The predicted molar refractivity (Wildman–Crippen MR) is 145 cm³/mol. The van der Waals surface area contributed by atoms with Crippen LogP contribution in [0.15, 0.2) is 55.0 Å². The lowest BCUT2D eigenvalue weighted by atomic mass is 10.0. The first-order chi connectivity index (χ1) is 17.2. The van der Waals surface area contributed by atoms with Crippen LogP contribution in [-0.4, -0.2) is 42.1 Å². The second kappa shape index (κ2) is 11.0. The summed E-state index contributed by atoms with van der Waals surface area (Å²) < 4.78 is 18.7. The zero-order valence-electron chi connectivity index (χ0n) is 20.5. The Morgan fingerprint density at radius 1 is 0.972 bits per heavy atom. The van der Waals surface area contributed by atoms with Gasteiger partial charge in [0, 0.05) is 56.4 Å². The standard InChI is InChI=1S/C26H27Cl2N3O4Si/c1-33-23-14-18(7-9-29-23)35-17-5-6-19(22(28)13-17)25(32)20-15-31(16-34-11-12-36(2,3)4)26-24(20)21(27)8-10-30-26/h5-10,13-15H,11-12,16H2,1-4H3. The third-order valence-corrected chi connectivity index (χ3v) is 7.85. The van der Waals surface area contributed by atoms with Gasteiger partial charge in [0.25, 0.3) is 0 Å². The Hall–Kier alpha value is -2.91. The molecule has 36 heavy (non-hydrogen) atoms.